The molecule has 2 amide bonds. The van der Waals surface area contributed by atoms with Gasteiger partial charge in [-0.3, -0.25) is 14.5 Å². The van der Waals surface area contributed by atoms with Gasteiger partial charge in [-0.1, -0.05) is 26.2 Å². The highest BCUT2D eigenvalue weighted by Gasteiger charge is 2.29. The van der Waals surface area contributed by atoms with E-state index in [-0.39, 0.29) is 17.9 Å². The average Bonchev–Trinajstić information content (AvgIpc) is 2.41. The second-order valence-corrected chi connectivity index (χ2v) is 6.32. The molecule has 1 heterocycles. The number of likely N-dealkylation sites (tertiary alicyclic amines) is 1. The lowest BCUT2D eigenvalue weighted by Crippen LogP contribution is -2.52. The highest BCUT2D eigenvalue weighted by Crippen LogP contribution is 2.23. The Labute approximate surface area is 121 Å². The maximum absolute atomic E-state index is 12.2. The number of nitrogens with two attached hydrogens (primary N) is 1. The van der Waals surface area contributed by atoms with E-state index in [1.807, 2.05) is 4.90 Å². The first-order chi connectivity index (χ1) is 9.58. The molecule has 3 atom stereocenters. The van der Waals surface area contributed by atoms with Gasteiger partial charge in [0.2, 0.25) is 11.8 Å². The third-order valence-electron chi connectivity index (χ3n) is 4.75. The molecule has 5 nitrogen and oxygen atoms in total. The highest BCUT2D eigenvalue weighted by molar-refractivity contribution is 5.82. The van der Waals surface area contributed by atoms with Gasteiger partial charge in [0.15, 0.2) is 0 Å². The summed E-state index contributed by atoms with van der Waals surface area (Å²) in [5, 5.41) is 3.14. The molecule has 5 heteroatoms. The van der Waals surface area contributed by atoms with Crippen LogP contribution in [0.2, 0.25) is 0 Å². The van der Waals surface area contributed by atoms with Crippen molar-refractivity contribution in [3.63, 3.8) is 0 Å². The number of nitrogens with one attached hydrogen (secondary N) is 1. The number of hydrogen-bond acceptors (Lipinski definition) is 3. The Kier molecular flexibility index (Phi) is 5.40. The van der Waals surface area contributed by atoms with Crippen molar-refractivity contribution in [2.75, 3.05) is 13.1 Å². The van der Waals surface area contributed by atoms with Crippen LogP contribution >= 0.6 is 0 Å². The number of primary amides is 1. The van der Waals surface area contributed by atoms with E-state index < -0.39 is 0 Å². The zero-order valence-electron chi connectivity index (χ0n) is 12.4. The number of carbonyl (C=O) groups excluding carboxylic acids is 2. The van der Waals surface area contributed by atoms with Gasteiger partial charge in [-0.05, 0) is 38.1 Å². The number of piperidine rings is 1. The molecule has 0 aromatic carbocycles. The summed E-state index contributed by atoms with van der Waals surface area (Å²) in [5.41, 5.74) is 5.43. The summed E-state index contributed by atoms with van der Waals surface area (Å²) in [6.07, 6.45) is 7.57. The molecule has 0 bridgehead atoms. The van der Waals surface area contributed by atoms with E-state index in [0.717, 1.165) is 32.2 Å². The monoisotopic (exact) mass is 281 g/mol. The molecule has 0 unspecified atom stereocenters. The maximum Gasteiger partial charge on any atom is 0.234 e. The SMILES string of the molecule is C[C@@H]1CCCC[C@@H]1NC(=O)CN1CCCC[C@@H]1C(N)=O. The van der Waals surface area contributed by atoms with Crippen molar-refractivity contribution in [1.82, 2.24) is 10.2 Å². The largest absolute Gasteiger partial charge is 0.368 e. The summed E-state index contributed by atoms with van der Waals surface area (Å²) in [4.78, 5) is 25.6. The quantitative estimate of drug-likeness (QED) is 0.808. The van der Waals surface area contributed by atoms with E-state index >= 15 is 0 Å². The second-order valence-electron chi connectivity index (χ2n) is 6.32. The average molecular weight is 281 g/mol. The van der Waals surface area contributed by atoms with Gasteiger partial charge in [0.1, 0.15) is 0 Å². The Bertz CT molecular complexity index is 359. The predicted octanol–water partition coefficient (Wildman–Crippen LogP) is 1.02. The van der Waals surface area contributed by atoms with E-state index in [1.54, 1.807) is 0 Å². The van der Waals surface area contributed by atoms with Crippen molar-refractivity contribution in [1.29, 1.82) is 0 Å². The fourth-order valence-corrected chi connectivity index (χ4v) is 3.47. The minimum atomic E-state index is -0.302. The molecule has 0 radical (unpaired) electrons. The summed E-state index contributed by atoms with van der Waals surface area (Å²) in [5.74, 6) is 0.293. The maximum atomic E-state index is 12.2. The summed E-state index contributed by atoms with van der Waals surface area (Å²) < 4.78 is 0. The Morgan fingerprint density at radius 2 is 1.85 bits per heavy atom. The van der Waals surface area contributed by atoms with Crippen LogP contribution in [0, 0.1) is 5.92 Å². The number of nitrogens with zero attached hydrogens (tertiary/aromatic N) is 1. The van der Waals surface area contributed by atoms with Gasteiger partial charge in [0.05, 0.1) is 12.6 Å². The van der Waals surface area contributed by atoms with Crippen LogP contribution in [-0.4, -0.2) is 41.9 Å². The van der Waals surface area contributed by atoms with Crippen molar-refractivity contribution in [3.8, 4) is 0 Å². The molecule has 2 aliphatic rings. The Balaban J connectivity index is 1.84. The predicted molar refractivity (Wildman–Crippen MR) is 78.0 cm³/mol. The third kappa shape index (κ3) is 3.95. The van der Waals surface area contributed by atoms with Crippen molar-refractivity contribution in [2.24, 2.45) is 11.7 Å². The number of amides is 2. The zero-order valence-corrected chi connectivity index (χ0v) is 12.4. The van der Waals surface area contributed by atoms with E-state index in [9.17, 15) is 9.59 Å². The first-order valence-corrected chi connectivity index (χ1v) is 7.90. The molecule has 0 aromatic heterocycles. The minimum Gasteiger partial charge on any atom is -0.368 e. The van der Waals surface area contributed by atoms with Crippen LogP contribution in [0.3, 0.4) is 0 Å². The molecule has 1 aliphatic carbocycles. The zero-order chi connectivity index (χ0) is 14.5. The fraction of sp³-hybridized carbons (Fsp3) is 0.867. The van der Waals surface area contributed by atoms with Crippen LogP contribution in [0.5, 0.6) is 0 Å². The molecule has 3 N–H and O–H groups in total. The Hall–Kier alpha value is -1.10. The first-order valence-electron chi connectivity index (χ1n) is 7.90. The first kappa shape index (κ1) is 15.3. The van der Waals surface area contributed by atoms with Gasteiger partial charge in [0, 0.05) is 6.04 Å². The van der Waals surface area contributed by atoms with E-state index in [0.29, 0.717) is 18.5 Å². The number of rotatable bonds is 4. The third-order valence-corrected chi connectivity index (χ3v) is 4.75. The molecule has 20 heavy (non-hydrogen) atoms. The molecule has 2 rings (SSSR count). The Morgan fingerprint density at radius 3 is 2.55 bits per heavy atom. The van der Waals surface area contributed by atoms with Crippen molar-refractivity contribution in [3.05, 3.63) is 0 Å². The van der Waals surface area contributed by atoms with Crippen molar-refractivity contribution >= 4 is 11.8 Å². The standard InChI is InChI=1S/C15H27N3O2/c1-11-6-2-3-7-12(11)17-14(19)10-18-9-5-4-8-13(18)15(16)20/h11-13H,2-10H2,1H3,(H2,16,20)(H,17,19)/t11-,12+,13-/m1/s1. The molecule has 1 saturated heterocycles. The van der Waals surface area contributed by atoms with Gasteiger partial charge >= 0.3 is 0 Å². The lowest BCUT2D eigenvalue weighted by molar-refractivity contribution is -0.128. The summed E-state index contributed by atoms with van der Waals surface area (Å²) >= 11 is 0. The van der Waals surface area contributed by atoms with Crippen LogP contribution in [0.15, 0.2) is 0 Å². The highest BCUT2D eigenvalue weighted by atomic mass is 16.2. The smallest absolute Gasteiger partial charge is 0.234 e. The van der Waals surface area contributed by atoms with Crippen molar-refractivity contribution in [2.45, 2.75) is 64.0 Å². The molecular weight excluding hydrogens is 254 g/mol. The molecule has 2 fully saturated rings. The number of carbonyl (C=O) groups is 2. The lowest BCUT2D eigenvalue weighted by Gasteiger charge is -2.34. The molecule has 0 aromatic rings. The van der Waals surface area contributed by atoms with E-state index in [2.05, 4.69) is 12.2 Å². The fourth-order valence-electron chi connectivity index (χ4n) is 3.47. The van der Waals surface area contributed by atoms with Crippen LogP contribution in [-0.2, 0) is 9.59 Å². The number of hydrogen-bond donors (Lipinski definition) is 2. The second kappa shape index (κ2) is 7.07. The van der Waals surface area contributed by atoms with E-state index in [4.69, 9.17) is 5.73 Å². The van der Waals surface area contributed by atoms with Crippen LogP contribution in [0.25, 0.3) is 0 Å². The Morgan fingerprint density at radius 1 is 1.15 bits per heavy atom. The summed E-state index contributed by atoms with van der Waals surface area (Å²) in [6, 6.07) is 0.0337. The van der Waals surface area contributed by atoms with Gasteiger partial charge in [0.25, 0.3) is 0 Å². The van der Waals surface area contributed by atoms with Crippen LogP contribution < -0.4 is 11.1 Å². The topological polar surface area (TPSA) is 75.4 Å². The molecule has 1 saturated carbocycles. The van der Waals surface area contributed by atoms with Gasteiger partial charge in [-0.15, -0.1) is 0 Å². The van der Waals surface area contributed by atoms with Gasteiger partial charge in [-0.2, -0.15) is 0 Å². The summed E-state index contributed by atoms with van der Waals surface area (Å²) in [6.45, 7) is 3.30. The van der Waals surface area contributed by atoms with Crippen LogP contribution in [0.1, 0.15) is 51.9 Å². The molecule has 114 valence electrons. The van der Waals surface area contributed by atoms with Crippen LogP contribution in [0.4, 0.5) is 0 Å². The molecule has 0 spiro atoms. The van der Waals surface area contributed by atoms with Crippen molar-refractivity contribution < 1.29 is 9.59 Å². The summed E-state index contributed by atoms with van der Waals surface area (Å²) in [7, 11) is 0. The molecule has 1 aliphatic heterocycles. The molecular formula is C15H27N3O2. The van der Waals surface area contributed by atoms with E-state index in [1.165, 1.54) is 19.3 Å². The van der Waals surface area contributed by atoms with Gasteiger partial charge < -0.3 is 11.1 Å². The van der Waals surface area contributed by atoms with Gasteiger partial charge in [-0.25, -0.2) is 0 Å². The lowest BCUT2D eigenvalue weighted by atomic mass is 9.86. The minimum absolute atomic E-state index is 0.0388. The normalized spacial score (nSPS) is 31.8.